The number of carbonyl (C=O) groups excluding carboxylic acids is 1. The third-order valence-electron chi connectivity index (χ3n) is 3.01. The molecule has 0 unspecified atom stereocenters. The molecule has 0 N–H and O–H groups in total. The van der Waals surface area contributed by atoms with Crippen molar-refractivity contribution in [3.8, 4) is 0 Å². The minimum absolute atomic E-state index is 0.203. The lowest BCUT2D eigenvalue weighted by molar-refractivity contribution is -0.153. The van der Waals surface area contributed by atoms with Crippen molar-refractivity contribution >= 4 is 14.8 Å². The summed E-state index contributed by atoms with van der Waals surface area (Å²) in [7, 11) is 1.99. The van der Waals surface area contributed by atoms with Crippen LogP contribution < -0.4 is 0 Å². The molecular formula is C11H24O5Si. The molecule has 0 aliphatic heterocycles. The van der Waals surface area contributed by atoms with Gasteiger partial charge in [0, 0.05) is 21.3 Å². The van der Waals surface area contributed by atoms with Gasteiger partial charge >= 0.3 is 14.8 Å². The summed E-state index contributed by atoms with van der Waals surface area (Å²) in [6.07, 6.45) is 0.743. The second-order valence-corrected chi connectivity index (χ2v) is 7.51. The first-order chi connectivity index (χ1) is 7.87. The van der Waals surface area contributed by atoms with E-state index in [9.17, 15) is 4.79 Å². The Labute approximate surface area is 105 Å². The molecule has 0 saturated carbocycles. The van der Waals surface area contributed by atoms with Crippen LogP contribution in [0.15, 0.2) is 0 Å². The van der Waals surface area contributed by atoms with Crippen molar-refractivity contribution in [3.63, 3.8) is 0 Å². The Bertz CT molecular complexity index is 230. The third kappa shape index (κ3) is 4.75. The van der Waals surface area contributed by atoms with Crippen LogP contribution in [0.5, 0.6) is 0 Å². The third-order valence-corrected chi connectivity index (χ3v) is 5.69. The van der Waals surface area contributed by atoms with Crippen molar-refractivity contribution in [3.05, 3.63) is 0 Å². The fourth-order valence-corrected chi connectivity index (χ4v) is 2.63. The van der Waals surface area contributed by atoms with Crippen LogP contribution in [0.3, 0.4) is 0 Å². The maximum absolute atomic E-state index is 11.7. The van der Waals surface area contributed by atoms with Crippen LogP contribution in [0.2, 0.25) is 6.04 Å². The quantitative estimate of drug-likeness (QED) is 0.494. The van der Waals surface area contributed by atoms with Crippen LogP contribution in [0.25, 0.3) is 0 Å². The Morgan fingerprint density at radius 3 is 1.94 bits per heavy atom. The lowest BCUT2D eigenvalue weighted by Crippen LogP contribution is -2.44. The second kappa shape index (κ2) is 7.10. The number of carbonyl (C=O) groups is 1. The maximum Gasteiger partial charge on any atom is 0.503 e. The molecule has 0 heterocycles. The van der Waals surface area contributed by atoms with E-state index in [2.05, 4.69) is 0 Å². The molecule has 0 saturated heterocycles. The molecule has 6 heteroatoms. The molecule has 0 aromatic carbocycles. The van der Waals surface area contributed by atoms with Gasteiger partial charge in [0.05, 0.1) is 18.1 Å². The van der Waals surface area contributed by atoms with E-state index in [4.69, 9.17) is 18.0 Å². The van der Waals surface area contributed by atoms with E-state index in [0.29, 0.717) is 6.04 Å². The largest absolute Gasteiger partial charge is 0.503 e. The zero-order valence-electron chi connectivity index (χ0n) is 11.7. The Morgan fingerprint density at radius 1 is 1.12 bits per heavy atom. The zero-order chi connectivity index (χ0) is 13.5. The van der Waals surface area contributed by atoms with Crippen molar-refractivity contribution in [1.82, 2.24) is 0 Å². The lowest BCUT2D eigenvalue weighted by Gasteiger charge is -2.25. The topological polar surface area (TPSA) is 54.0 Å². The van der Waals surface area contributed by atoms with Crippen LogP contribution in [0.1, 0.15) is 27.2 Å². The molecule has 0 aliphatic carbocycles. The van der Waals surface area contributed by atoms with Crippen molar-refractivity contribution in [1.29, 1.82) is 0 Å². The van der Waals surface area contributed by atoms with E-state index in [1.54, 1.807) is 0 Å². The average molecular weight is 264 g/mol. The standard InChI is InChI=1S/C11H24O5Si/c1-7-11(2,3)10(12)16-8-9-17(13-4,14-5)15-6/h7-9H2,1-6H3. The highest BCUT2D eigenvalue weighted by atomic mass is 28.4. The van der Waals surface area contributed by atoms with Crippen LogP contribution in [-0.2, 0) is 22.8 Å². The Kier molecular flexibility index (Phi) is 6.92. The summed E-state index contributed by atoms with van der Waals surface area (Å²) < 4.78 is 20.9. The van der Waals surface area contributed by atoms with Gasteiger partial charge in [-0.2, -0.15) is 0 Å². The molecule has 0 fully saturated rings. The van der Waals surface area contributed by atoms with E-state index in [-0.39, 0.29) is 12.6 Å². The minimum Gasteiger partial charge on any atom is -0.465 e. The van der Waals surface area contributed by atoms with Crippen molar-refractivity contribution in [2.75, 3.05) is 27.9 Å². The Morgan fingerprint density at radius 2 is 1.59 bits per heavy atom. The van der Waals surface area contributed by atoms with Crippen molar-refractivity contribution in [2.24, 2.45) is 5.41 Å². The molecule has 0 aliphatic rings. The monoisotopic (exact) mass is 264 g/mol. The maximum atomic E-state index is 11.7. The number of hydrogen-bond donors (Lipinski definition) is 0. The normalized spacial score (nSPS) is 12.6. The molecule has 0 aromatic rings. The van der Waals surface area contributed by atoms with Crippen LogP contribution in [0.4, 0.5) is 0 Å². The molecule has 5 nitrogen and oxygen atoms in total. The molecule has 102 valence electrons. The van der Waals surface area contributed by atoms with Gasteiger partial charge in [0.15, 0.2) is 0 Å². The summed E-state index contributed by atoms with van der Waals surface area (Å²) in [6, 6.07) is 0.460. The van der Waals surface area contributed by atoms with Crippen LogP contribution >= 0.6 is 0 Å². The van der Waals surface area contributed by atoms with E-state index in [0.717, 1.165) is 6.42 Å². The van der Waals surface area contributed by atoms with E-state index in [1.807, 2.05) is 20.8 Å². The first kappa shape index (κ1) is 16.6. The molecule has 0 bridgehead atoms. The first-order valence-electron chi connectivity index (χ1n) is 5.70. The van der Waals surface area contributed by atoms with E-state index in [1.165, 1.54) is 21.3 Å². The van der Waals surface area contributed by atoms with Gasteiger partial charge < -0.3 is 18.0 Å². The lowest BCUT2D eigenvalue weighted by atomic mass is 9.91. The van der Waals surface area contributed by atoms with Crippen molar-refractivity contribution < 1.29 is 22.8 Å². The summed E-state index contributed by atoms with van der Waals surface area (Å²) in [5.74, 6) is -0.203. The summed E-state index contributed by atoms with van der Waals surface area (Å²) in [6.45, 7) is 5.94. The zero-order valence-corrected chi connectivity index (χ0v) is 12.7. The predicted molar refractivity (Wildman–Crippen MR) is 66.6 cm³/mol. The minimum atomic E-state index is -2.63. The van der Waals surface area contributed by atoms with Crippen LogP contribution in [0, 0.1) is 5.41 Å². The van der Waals surface area contributed by atoms with Gasteiger partial charge in [0.1, 0.15) is 0 Å². The Balaban J connectivity index is 4.19. The molecule has 0 radical (unpaired) electrons. The van der Waals surface area contributed by atoms with Gasteiger partial charge in [-0.15, -0.1) is 0 Å². The average Bonchev–Trinajstić information content (AvgIpc) is 2.35. The summed E-state index contributed by atoms with van der Waals surface area (Å²) in [5, 5.41) is 0. The summed E-state index contributed by atoms with van der Waals surface area (Å²) in [4.78, 5) is 11.7. The molecule has 17 heavy (non-hydrogen) atoms. The number of ether oxygens (including phenoxy) is 1. The molecule has 0 rings (SSSR count). The molecule has 0 amide bonds. The highest BCUT2D eigenvalue weighted by Gasteiger charge is 2.38. The van der Waals surface area contributed by atoms with Gasteiger partial charge in [0.2, 0.25) is 0 Å². The van der Waals surface area contributed by atoms with Crippen LogP contribution in [-0.4, -0.2) is 42.7 Å². The van der Waals surface area contributed by atoms with Gasteiger partial charge in [-0.25, -0.2) is 0 Å². The highest BCUT2D eigenvalue weighted by Crippen LogP contribution is 2.22. The highest BCUT2D eigenvalue weighted by molar-refractivity contribution is 6.60. The smallest absolute Gasteiger partial charge is 0.465 e. The van der Waals surface area contributed by atoms with Gasteiger partial charge in [-0.05, 0) is 20.3 Å². The Hall–Kier alpha value is -0.433. The fourth-order valence-electron chi connectivity index (χ4n) is 1.16. The van der Waals surface area contributed by atoms with Gasteiger partial charge in [0.25, 0.3) is 0 Å². The fraction of sp³-hybridized carbons (Fsp3) is 0.909. The number of esters is 1. The molecule has 0 atom stereocenters. The number of hydrogen-bond acceptors (Lipinski definition) is 5. The van der Waals surface area contributed by atoms with E-state index >= 15 is 0 Å². The summed E-state index contributed by atoms with van der Waals surface area (Å²) >= 11 is 0. The van der Waals surface area contributed by atoms with Gasteiger partial charge in [-0.3, -0.25) is 4.79 Å². The molecular weight excluding hydrogens is 240 g/mol. The SMILES string of the molecule is CCC(C)(C)C(=O)OCC[Si](OC)(OC)OC. The molecule has 0 spiro atoms. The predicted octanol–water partition coefficient (Wildman–Crippen LogP) is 1.84. The number of rotatable bonds is 8. The second-order valence-electron chi connectivity index (χ2n) is 4.42. The first-order valence-corrected chi connectivity index (χ1v) is 7.63. The summed E-state index contributed by atoms with van der Waals surface area (Å²) in [5.41, 5.74) is -0.447. The van der Waals surface area contributed by atoms with Gasteiger partial charge in [-0.1, -0.05) is 6.92 Å². The van der Waals surface area contributed by atoms with Crippen molar-refractivity contribution in [2.45, 2.75) is 33.2 Å². The molecule has 0 aromatic heterocycles. The van der Waals surface area contributed by atoms with E-state index < -0.39 is 14.2 Å².